The monoisotopic (exact) mass is 314 g/mol. The molecule has 0 aromatic carbocycles. The second-order valence-corrected chi connectivity index (χ2v) is 6.83. The van der Waals surface area contributed by atoms with Crippen molar-refractivity contribution in [1.82, 2.24) is 19.4 Å². The molecule has 0 radical (unpaired) electrons. The van der Waals surface area contributed by atoms with Crippen molar-refractivity contribution in [3.8, 4) is 0 Å². The summed E-state index contributed by atoms with van der Waals surface area (Å²) in [4.78, 5) is 12.0. The number of ether oxygens (including phenoxy) is 1. The van der Waals surface area contributed by atoms with Gasteiger partial charge in [-0.15, -0.1) is 0 Å². The Kier molecular flexibility index (Phi) is 4.31. The molecule has 4 rings (SSSR count). The smallest absolute Gasteiger partial charge is 0.160 e. The second kappa shape index (κ2) is 6.57. The molecule has 2 aromatic rings. The van der Waals surface area contributed by atoms with Crippen molar-refractivity contribution in [3.63, 3.8) is 0 Å². The van der Waals surface area contributed by atoms with Crippen LogP contribution in [0.1, 0.15) is 44.5 Å². The summed E-state index contributed by atoms with van der Waals surface area (Å²) in [5, 5.41) is 0. The van der Waals surface area contributed by atoms with Gasteiger partial charge in [0, 0.05) is 25.9 Å². The summed E-state index contributed by atoms with van der Waals surface area (Å²) in [6, 6.07) is 4.04. The number of aromatic nitrogens is 3. The molecule has 124 valence electrons. The van der Waals surface area contributed by atoms with Gasteiger partial charge in [0.1, 0.15) is 17.4 Å². The van der Waals surface area contributed by atoms with E-state index in [0.717, 1.165) is 43.1 Å². The van der Waals surface area contributed by atoms with Crippen LogP contribution in [-0.4, -0.2) is 45.7 Å². The summed E-state index contributed by atoms with van der Waals surface area (Å²) in [7, 11) is 0. The highest BCUT2D eigenvalue weighted by Gasteiger charge is 2.27. The summed E-state index contributed by atoms with van der Waals surface area (Å²) >= 11 is 0. The largest absolute Gasteiger partial charge is 0.370 e. The fourth-order valence-electron chi connectivity index (χ4n) is 3.95. The molecule has 0 spiro atoms. The normalized spacial score (nSPS) is 26.1. The highest BCUT2D eigenvalue weighted by molar-refractivity contribution is 5.71. The molecular weight excluding hydrogens is 288 g/mol. The minimum absolute atomic E-state index is 0.140. The molecule has 5 heteroatoms. The van der Waals surface area contributed by atoms with E-state index in [1.54, 1.807) is 0 Å². The van der Waals surface area contributed by atoms with Gasteiger partial charge in [-0.3, -0.25) is 0 Å². The van der Waals surface area contributed by atoms with E-state index in [1.807, 2.05) is 12.3 Å². The quantitative estimate of drug-likeness (QED) is 0.870. The molecule has 0 N–H and O–H groups in total. The van der Waals surface area contributed by atoms with E-state index >= 15 is 0 Å². The predicted octanol–water partition coefficient (Wildman–Crippen LogP) is 3.01. The molecular formula is C18H26N4O. The number of rotatable bonds is 4. The SMILES string of the molecule is CCN1CCC(Cn2c(C3CCCCO3)nc3cccnc32)C1. The number of pyridine rings is 1. The van der Waals surface area contributed by atoms with Gasteiger partial charge in [-0.2, -0.15) is 0 Å². The highest BCUT2D eigenvalue weighted by Crippen LogP contribution is 2.31. The standard InChI is InChI=1S/C18H26N4O/c1-2-21-10-8-14(12-21)13-22-17-15(6-5-9-19-17)20-18(22)16-7-3-4-11-23-16/h5-6,9,14,16H,2-4,7-8,10-13H2,1H3. The van der Waals surface area contributed by atoms with E-state index < -0.39 is 0 Å². The van der Waals surface area contributed by atoms with Gasteiger partial charge in [0.15, 0.2) is 5.65 Å². The van der Waals surface area contributed by atoms with Crippen molar-refractivity contribution in [2.75, 3.05) is 26.2 Å². The van der Waals surface area contributed by atoms with Crippen molar-refractivity contribution >= 4 is 11.2 Å². The minimum atomic E-state index is 0.140. The lowest BCUT2D eigenvalue weighted by molar-refractivity contribution is 0.00725. The van der Waals surface area contributed by atoms with Crippen LogP contribution in [-0.2, 0) is 11.3 Å². The van der Waals surface area contributed by atoms with Gasteiger partial charge in [0.25, 0.3) is 0 Å². The number of hydrogen-bond acceptors (Lipinski definition) is 4. The average Bonchev–Trinajstić information content (AvgIpc) is 3.21. The zero-order valence-corrected chi connectivity index (χ0v) is 13.9. The molecule has 2 fully saturated rings. The molecule has 2 atom stereocenters. The Morgan fingerprint density at radius 3 is 3.04 bits per heavy atom. The van der Waals surface area contributed by atoms with Gasteiger partial charge in [-0.05, 0) is 56.8 Å². The number of hydrogen-bond donors (Lipinski definition) is 0. The number of nitrogens with zero attached hydrogens (tertiary/aromatic N) is 4. The number of imidazole rings is 1. The van der Waals surface area contributed by atoms with Crippen LogP contribution >= 0.6 is 0 Å². The first-order valence-corrected chi connectivity index (χ1v) is 9.00. The fourth-order valence-corrected chi connectivity index (χ4v) is 3.95. The van der Waals surface area contributed by atoms with Crippen molar-refractivity contribution in [3.05, 3.63) is 24.2 Å². The third kappa shape index (κ3) is 3.00. The highest BCUT2D eigenvalue weighted by atomic mass is 16.5. The van der Waals surface area contributed by atoms with Crippen LogP contribution < -0.4 is 0 Å². The molecule has 0 amide bonds. The Morgan fingerprint density at radius 2 is 2.26 bits per heavy atom. The molecule has 0 saturated carbocycles. The molecule has 4 heterocycles. The Bertz CT molecular complexity index is 662. The molecule has 0 aliphatic carbocycles. The maximum absolute atomic E-state index is 6.02. The van der Waals surface area contributed by atoms with Gasteiger partial charge < -0.3 is 14.2 Å². The molecule has 2 aliphatic rings. The lowest BCUT2D eigenvalue weighted by atomic mass is 10.1. The van der Waals surface area contributed by atoms with Crippen molar-refractivity contribution in [2.45, 2.75) is 45.3 Å². The van der Waals surface area contributed by atoms with E-state index in [9.17, 15) is 0 Å². The minimum Gasteiger partial charge on any atom is -0.370 e. The van der Waals surface area contributed by atoms with E-state index in [4.69, 9.17) is 9.72 Å². The van der Waals surface area contributed by atoms with E-state index in [0.29, 0.717) is 5.92 Å². The summed E-state index contributed by atoms with van der Waals surface area (Å²) in [6.07, 6.45) is 6.76. The van der Waals surface area contributed by atoms with Crippen LogP contribution in [0.5, 0.6) is 0 Å². The van der Waals surface area contributed by atoms with Gasteiger partial charge in [-0.25, -0.2) is 9.97 Å². The van der Waals surface area contributed by atoms with Crippen LogP contribution in [0.25, 0.3) is 11.2 Å². The summed E-state index contributed by atoms with van der Waals surface area (Å²) in [6.45, 7) is 7.67. The zero-order chi connectivity index (χ0) is 15.6. The van der Waals surface area contributed by atoms with Crippen molar-refractivity contribution in [2.24, 2.45) is 5.92 Å². The van der Waals surface area contributed by atoms with Gasteiger partial charge in [0.2, 0.25) is 0 Å². The molecule has 2 aliphatic heterocycles. The van der Waals surface area contributed by atoms with Gasteiger partial charge in [-0.1, -0.05) is 6.92 Å². The molecule has 2 aromatic heterocycles. The Labute approximate surface area is 137 Å². The number of fused-ring (bicyclic) bond motifs is 1. The van der Waals surface area contributed by atoms with E-state index in [-0.39, 0.29) is 6.10 Å². The molecule has 2 saturated heterocycles. The first-order chi connectivity index (χ1) is 11.3. The second-order valence-electron chi connectivity index (χ2n) is 6.83. The molecule has 5 nitrogen and oxygen atoms in total. The summed E-state index contributed by atoms with van der Waals surface area (Å²) < 4.78 is 8.36. The van der Waals surface area contributed by atoms with Gasteiger partial charge >= 0.3 is 0 Å². The van der Waals surface area contributed by atoms with Crippen LogP contribution in [0.3, 0.4) is 0 Å². The lowest BCUT2D eigenvalue weighted by Gasteiger charge is -2.24. The van der Waals surface area contributed by atoms with E-state index in [1.165, 1.54) is 32.4 Å². The fraction of sp³-hybridized carbons (Fsp3) is 0.667. The zero-order valence-electron chi connectivity index (χ0n) is 13.9. The predicted molar refractivity (Wildman–Crippen MR) is 90.3 cm³/mol. The summed E-state index contributed by atoms with van der Waals surface area (Å²) in [5.74, 6) is 1.78. The summed E-state index contributed by atoms with van der Waals surface area (Å²) in [5.41, 5.74) is 2.02. The van der Waals surface area contributed by atoms with Crippen molar-refractivity contribution < 1.29 is 4.74 Å². The Hall–Kier alpha value is -1.46. The molecule has 23 heavy (non-hydrogen) atoms. The van der Waals surface area contributed by atoms with Crippen LogP contribution in [0, 0.1) is 5.92 Å². The Morgan fingerprint density at radius 1 is 1.30 bits per heavy atom. The number of likely N-dealkylation sites (tertiary alicyclic amines) is 1. The Balaban J connectivity index is 1.65. The third-order valence-corrected chi connectivity index (χ3v) is 5.26. The topological polar surface area (TPSA) is 43.2 Å². The first kappa shape index (κ1) is 15.1. The maximum atomic E-state index is 6.02. The molecule has 0 bridgehead atoms. The first-order valence-electron chi connectivity index (χ1n) is 9.00. The van der Waals surface area contributed by atoms with E-state index in [2.05, 4.69) is 27.4 Å². The maximum Gasteiger partial charge on any atom is 0.160 e. The van der Waals surface area contributed by atoms with Gasteiger partial charge in [0.05, 0.1) is 0 Å². The van der Waals surface area contributed by atoms with Crippen LogP contribution in [0.2, 0.25) is 0 Å². The molecule has 2 unspecified atom stereocenters. The van der Waals surface area contributed by atoms with Crippen LogP contribution in [0.4, 0.5) is 0 Å². The third-order valence-electron chi connectivity index (χ3n) is 5.26. The van der Waals surface area contributed by atoms with Crippen molar-refractivity contribution in [1.29, 1.82) is 0 Å². The lowest BCUT2D eigenvalue weighted by Crippen LogP contribution is -2.23. The average molecular weight is 314 g/mol. The van der Waals surface area contributed by atoms with Crippen LogP contribution in [0.15, 0.2) is 18.3 Å².